The fourth-order valence-corrected chi connectivity index (χ4v) is 3.11. The van der Waals surface area contributed by atoms with E-state index in [1.165, 1.54) is 38.5 Å². The molecule has 0 unspecified atom stereocenters. The molecule has 1 saturated carbocycles. The maximum absolute atomic E-state index is 6.10. The summed E-state index contributed by atoms with van der Waals surface area (Å²) in [5, 5.41) is 6.99. The van der Waals surface area contributed by atoms with Crippen molar-refractivity contribution in [3.8, 4) is 0 Å². The monoisotopic (exact) mass is 240 g/mol. The van der Waals surface area contributed by atoms with Gasteiger partial charge in [0, 0.05) is 12.1 Å². The summed E-state index contributed by atoms with van der Waals surface area (Å²) in [6, 6.07) is 1.10. The van der Waals surface area contributed by atoms with Crippen LogP contribution in [-0.2, 0) is 4.74 Å². The molecule has 1 saturated heterocycles. The van der Waals surface area contributed by atoms with Gasteiger partial charge in [-0.15, -0.1) is 0 Å². The topological polar surface area (TPSA) is 33.3 Å². The molecule has 0 bridgehead atoms. The zero-order chi connectivity index (χ0) is 12.1. The van der Waals surface area contributed by atoms with Crippen molar-refractivity contribution in [1.29, 1.82) is 0 Å². The molecule has 2 N–H and O–H groups in total. The van der Waals surface area contributed by atoms with Crippen LogP contribution >= 0.6 is 0 Å². The van der Waals surface area contributed by atoms with Crippen molar-refractivity contribution < 1.29 is 4.74 Å². The van der Waals surface area contributed by atoms with Crippen LogP contribution < -0.4 is 10.6 Å². The predicted octanol–water partition coefficient (Wildman–Crippen LogP) is 1.92. The normalized spacial score (nSPS) is 39.2. The van der Waals surface area contributed by atoms with Gasteiger partial charge in [0.05, 0.1) is 12.7 Å². The molecule has 2 aliphatic rings. The molecule has 0 aromatic rings. The summed E-state index contributed by atoms with van der Waals surface area (Å²) >= 11 is 0. The highest BCUT2D eigenvalue weighted by molar-refractivity contribution is 4.86. The summed E-state index contributed by atoms with van der Waals surface area (Å²) in [4.78, 5) is 0. The van der Waals surface area contributed by atoms with Gasteiger partial charge in [0.25, 0.3) is 0 Å². The second kappa shape index (κ2) is 6.72. The van der Waals surface area contributed by atoms with Gasteiger partial charge in [-0.3, -0.25) is 0 Å². The number of ether oxygens (including phenoxy) is 1. The number of hydrogen-bond acceptors (Lipinski definition) is 3. The van der Waals surface area contributed by atoms with Crippen molar-refractivity contribution in [2.24, 2.45) is 5.92 Å². The molecule has 3 heteroatoms. The number of piperidine rings is 1. The molecule has 2 atom stereocenters. The molecular formula is C14H28N2O. The Kier molecular flexibility index (Phi) is 5.26. The van der Waals surface area contributed by atoms with Gasteiger partial charge in [0.15, 0.2) is 0 Å². The lowest BCUT2D eigenvalue weighted by atomic mass is 9.89. The van der Waals surface area contributed by atoms with Crippen LogP contribution in [0, 0.1) is 5.92 Å². The second-order valence-corrected chi connectivity index (χ2v) is 5.81. The maximum Gasteiger partial charge on any atom is 0.0638 e. The van der Waals surface area contributed by atoms with Gasteiger partial charge in [-0.25, -0.2) is 0 Å². The third-order valence-electron chi connectivity index (χ3n) is 4.43. The van der Waals surface area contributed by atoms with Crippen LogP contribution in [0.5, 0.6) is 0 Å². The fourth-order valence-electron chi connectivity index (χ4n) is 3.11. The Morgan fingerprint density at radius 3 is 2.65 bits per heavy atom. The van der Waals surface area contributed by atoms with Crippen molar-refractivity contribution in [2.45, 2.75) is 63.6 Å². The minimum atomic E-state index is 0.507. The average molecular weight is 240 g/mol. The van der Waals surface area contributed by atoms with E-state index in [0.29, 0.717) is 18.2 Å². The Morgan fingerprint density at radius 2 is 1.94 bits per heavy atom. The van der Waals surface area contributed by atoms with E-state index < -0.39 is 0 Å². The maximum atomic E-state index is 6.10. The SMILES string of the molecule is CN[C@H]1CCCN[C@H]1COC1CCC(C)CC1. The summed E-state index contributed by atoms with van der Waals surface area (Å²) in [6.45, 7) is 4.38. The largest absolute Gasteiger partial charge is 0.377 e. The molecular weight excluding hydrogens is 212 g/mol. The standard InChI is InChI=1S/C14H28N2O/c1-11-5-7-12(8-6-11)17-10-14-13(15-2)4-3-9-16-14/h11-16H,3-10H2,1-2H3/t11?,12?,13-,14-/m0/s1. The highest BCUT2D eigenvalue weighted by Crippen LogP contribution is 2.25. The van der Waals surface area contributed by atoms with E-state index in [1.807, 2.05) is 0 Å². The van der Waals surface area contributed by atoms with E-state index >= 15 is 0 Å². The summed E-state index contributed by atoms with van der Waals surface area (Å²) in [7, 11) is 2.06. The highest BCUT2D eigenvalue weighted by Gasteiger charge is 2.25. The van der Waals surface area contributed by atoms with Crippen LogP contribution in [0.25, 0.3) is 0 Å². The first-order valence-electron chi connectivity index (χ1n) is 7.32. The number of nitrogens with one attached hydrogen (secondary N) is 2. The lowest BCUT2D eigenvalue weighted by molar-refractivity contribution is 0.000383. The van der Waals surface area contributed by atoms with Crippen molar-refractivity contribution in [3.63, 3.8) is 0 Å². The first kappa shape index (κ1) is 13.3. The van der Waals surface area contributed by atoms with Crippen LogP contribution in [-0.4, -0.2) is 38.4 Å². The van der Waals surface area contributed by atoms with Crippen LogP contribution in [0.3, 0.4) is 0 Å². The van der Waals surface area contributed by atoms with Crippen molar-refractivity contribution in [2.75, 3.05) is 20.2 Å². The van der Waals surface area contributed by atoms with Crippen LogP contribution in [0.4, 0.5) is 0 Å². The van der Waals surface area contributed by atoms with Gasteiger partial charge in [-0.05, 0) is 58.0 Å². The molecule has 2 fully saturated rings. The molecule has 17 heavy (non-hydrogen) atoms. The molecule has 100 valence electrons. The van der Waals surface area contributed by atoms with Gasteiger partial charge in [0.2, 0.25) is 0 Å². The summed E-state index contributed by atoms with van der Waals surface area (Å²) in [5.74, 6) is 0.910. The first-order valence-corrected chi connectivity index (χ1v) is 7.32. The molecule has 3 nitrogen and oxygen atoms in total. The molecule has 1 aliphatic heterocycles. The highest BCUT2D eigenvalue weighted by atomic mass is 16.5. The van der Waals surface area contributed by atoms with E-state index in [4.69, 9.17) is 4.74 Å². The van der Waals surface area contributed by atoms with E-state index in [0.717, 1.165) is 19.1 Å². The lowest BCUT2D eigenvalue weighted by Gasteiger charge is -2.34. The Balaban J connectivity index is 1.69. The molecule has 0 amide bonds. The minimum absolute atomic E-state index is 0.507. The lowest BCUT2D eigenvalue weighted by Crippen LogP contribution is -2.53. The van der Waals surface area contributed by atoms with E-state index in [9.17, 15) is 0 Å². The summed E-state index contributed by atoms with van der Waals surface area (Å²) < 4.78 is 6.10. The molecule has 0 spiro atoms. The Labute approximate surface area is 106 Å². The van der Waals surface area contributed by atoms with E-state index in [-0.39, 0.29) is 0 Å². The Bertz CT molecular complexity index is 214. The van der Waals surface area contributed by atoms with E-state index in [2.05, 4.69) is 24.6 Å². The van der Waals surface area contributed by atoms with Crippen LogP contribution in [0.15, 0.2) is 0 Å². The third kappa shape index (κ3) is 3.94. The van der Waals surface area contributed by atoms with Crippen molar-refractivity contribution >= 4 is 0 Å². The number of rotatable bonds is 4. The van der Waals surface area contributed by atoms with Crippen molar-refractivity contribution in [1.82, 2.24) is 10.6 Å². The van der Waals surface area contributed by atoms with Gasteiger partial charge in [-0.1, -0.05) is 6.92 Å². The Hall–Kier alpha value is -0.120. The molecule has 0 radical (unpaired) electrons. The Morgan fingerprint density at radius 1 is 1.18 bits per heavy atom. The molecule has 0 aromatic heterocycles. The number of hydrogen-bond donors (Lipinski definition) is 2. The van der Waals surface area contributed by atoms with Gasteiger partial charge >= 0.3 is 0 Å². The summed E-state index contributed by atoms with van der Waals surface area (Å²) in [6.07, 6.45) is 8.29. The summed E-state index contributed by atoms with van der Waals surface area (Å²) in [5.41, 5.74) is 0. The first-order chi connectivity index (χ1) is 8.29. The molecule has 1 aliphatic carbocycles. The minimum Gasteiger partial charge on any atom is -0.377 e. The van der Waals surface area contributed by atoms with E-state index in [1.54, 1.807) is 0 Å². The van der Waals surface area contributed by atoms with Crippen molar-refractivity contribution in [3.05, 3.63) is 0 Å². The zero-order valence-electron chi connectivity index (χ0n) is 11.4. The van der Waals surface area contributed by atoms with Crippen LogP contribution in [0.2, 0.25) is 0 Å². The van der Waals surface area contributed by atoms with Crippen LogP contribution in [0.1, 0.15) is 45.4 Å². The smallest absolute Gasteiger partial charge is 0.0638 e. The van der Waals surface area contributed by atoms with Gasteiger partial charge in [-0.2, -0.15) is 0 Å². The average Bonchev–Trinajstić information content (AvgIpc) is 2.38. The van der Waals surface area contributed by atoms with Gasteiger partial charge < -0.3 is 15.4 Å². The molecule has 2 rings (SSSR count). The molecule has 0 aromatic carbocycles. The molecule has 1 heterocycles. The third-order valence-corrected chi connectivity index (χ3v) is 4.43. The predicted molar refractivity (Wildman–Crippen MR) is 71.2 cm³/mol. The fraction of sp³-hybridized carbons (Fsp3) is 1.00. The van der Waals surface area contributed by atoms with Gasteiger partial charge in [0.1, 0.15) is 0 Å². The zero-order valence-corrected chi connectivity index (χ0v) is 11.4. The second-order valence-electron chi connectivity index (χ2n) is 5.81. The quantitative estimate of drug-likeness (QED) is 0.787. The number of likely N-dealkylation sites (N-methyl/N-ethyl adjacent to an activating group) is 1.